The van der Waals surface area contributed by atoms with E-state index in [0.717, 1.165) is 6.42 Å². The maximum Gasteiger partial charge on any atom is 0.243 e. The molecule has 1 rings (SSSR count). The lowest BCUT2D eigenvalue weighted by atomic mass is 9.69. The number of nitrogens with zero attached hydrogens (tertiary/aromatic N) is 2. The predicted molar refractivity (Wildman–Crippen MR) is 57.4 cm³/mol. The molecule has 0 unspecified atom stereocenters. The molecule has 0 spiro atoms. The molecule has 0 heterocycles. The average molecular weight is 226 g/mol. The van der Waals surface area contributed by atoms with Crippen LogP contribution in [0.15, 0.2) is 0 Å². The highest BCUT2D eigenvalue weighted by molar-refractivity contribution is 5.86. The highest BCUT2D eigenvalue weighted by atomic mass is 16.5. The van der Waals surface area contributed by atoms with Gasteiger partial charge in [0.25, 0.3) is 0 Å². The van der Waals surface area contributed by atoms with Crippen molar-refractivity contribution in [1.29, 1.82) is 5.26 Å². The zero-order valence-electron chi connectivity index (χ0n) is 9.61. The summed E-state index contributed by atoms with van der Waals surface area (Å²) in [5.74, 6) is -0.160. The third-order valence-electron chi connectivity index (χ3n) is 3.05. The van der Waals surface area contributed by atoms with Gasteiger partial charge in [-0.05, 0) is 19.3 Å². The van der Waals surface area contributed by atoms with E-state index in [1.807, 2.05) is 0 Å². The number of hydrogen-bond acceptors (Lipinski definition) is 4. The van der Waals surface area contributed by atoms with Gasteiger partial charge in [-0.1, -0.05) is 0 Å². The Labute approximate surface area is 95.6 Å². The third kappa shape index (κ3) is 2.52. The molecule has 1 saturated carbocycles. The van der Waals surface area contributed by atoms with Gasteiger partial charge < -0.3 is 14.7 Å². The number of aliphatic hydroxyl groups is 1. The number of aliphatic hydroxyl groups excluding tert-OH is 1. The van der Waals surface area contributed by atoms with Gasteiger partial charge in [0.05, 0.1) is 19.3 Å². The molecule has 1 aliphatic carbocycles. The van der Waals surface area contributed by atoms with Gasteiger partial charge >= 0.3 is 0 Å². The molecule has 0 atom stereocenters. The molecule has 16 heavy (non-hydrogen) atoms. The summed E-state index contributed by atoms with van der Waals surface area (Å²) in [4.78, 5) is 13.6. The smallest absolute Gasteiger partial charge is 0.243 e. The van der Waals surface area contributed by atoms with Crippen LogP contribution in [0, 0.1) is 16.7 Å². The second-order valence-corrected chi connectivity index (χ2v) is 4.06. The Morgan fingerprint density at radius 2 is 2.25 bits per heavy atom. The van der Waals surface area contributed by atoms with Crippen LogP contribution in [0.5, 0.6) is 0 Å². The largest absolute Gasteiger partial charge is 0.395 e. The van der Waals surface area contributed by atoms with E-state index in [9.17, 15) is 4.79 Å². The highest BCUT2D eigenvalue weighted by Crippen LogP contribution is 2.41. The zero-order chi connectivity index (χ0) is 12.0. The quantitative estimate of drug-likeness (QED) is 0.699. The molecular weight excluding hydrogens is 208 g/mol. The molecule has 5 nitrogen and oxygen atoms in total. The summed E-state index contributed by atoms with van der Waals surface area (Å²) in [7, 11) is 1.56. The minimum atomic E-state index is -0.830. The molecule has 1 fully saturated rings. The summed E-state index contributed by atoms with van der Waals surface area (Å²) in [5, 5.41) is 18.0. The molecule has 0 aromatic carbocycles. The number of rotatable bonds is 6. The Bertz CT molecular complexity index is 281. The molecule has 0 aromatic heterocycles. The number of carbonyl (C=O) groups is 1. The first-order valence-corrected chi connectivity index (χ1v) is 5.50. The topological polar surface area (TPSA) is 73.6 Å². The molecular formula is C11H18N2O3. The van der Waals surface area contributed by atoms with Crippen molar-refractivity contribution in [3.63, 3.8) is 0 Å². The first-order chi connectivity index (χ1) is 7.70. The Morgan fingerprint density at radius 3 is 2.62 bits per heavy atom. The van der Waals surface area contributed by atoms with Gasteiger partial charge in [-0.2, -0.15) is 5.26 Å². The summed E-state index contributed by atoms with van der Waals surface area (Å²) in [5.41, 5.74) is -0.830. The van der Waals surface area contributed by atoms with Crippen molar-refractivity contribution in [2.24, 2.45) is 5.41 Å². The lowest BCUT2D eigenvalue weighted by Gasteiger charge is -2.37. The van der Waals surface area contributed by atoms with E-state index >= 15 is 0 Å². The highest BCUT2D eigenvalue weighted by Gasteiger charge is 2.46. The van der Waals surface area contributed by atoms with Gasteiger partial charge in [-0.15, -0.1) is 0 Å². The monoisotopic (exact) mass is 226 g/mol. The fourth-order valence-corrected chi connectivity index (χ4v) is 1.84. The van der Waals surface area contributed by atoms with Crippen LogP contribution in [-0.4, -0.2) is 49.3 Å². The minimum absolute atomic E-state index is 0.0863. The van der Waals surface area contributed by atoms with Crippen molar-refractivity contribution >= 4 is 5.91 Å². The number of amides is 1. The van der Waals surface area contributed by atoms with Crippen LogP contribution in [0.4, 0.5) is 0 Å². The van der Waals surface area contributed by atoms with Gasteiger partial charge in [-0.3, -0.25) is 4.79 Å². The molecule has 90 valence electrons. The summed E-state index contributed by atoms with van der Waals surface area (Å²) >= 11 is 0. The molecule has 1 aliphatic rings. The van der Waals surface area contributed by atoms with E-state index in [2.05, 4.69) is 6.07 Å². The van der Waals surface area contributed by atoms with E-state index in [-0.39, 0.29) is 19.1 Å². The van der Waals surface area contributed by atoms with Crippen molar-refractivity contribution in [3.8, 4) is 6.07 Å². The normalized spacial score (nSPS) is 17.3. The summed E-state index contributed by atoms with van der Waals surface area (Å²) in [6, 6.07) is 2.12. The van der Waals surface area contributed by atoms with Crippen molar-refractivity contribution in [2.75, 3.05) is 33.4 Å². The zero-order valence-corrected chi connectivity index (χ0v) is 9.61. The van der Waals surface area contributed by atoms with Gasteiger partial charge in [0.15, 0.2) is 0 Å². The van der Waals surface area contributed by atoms with Crippen molar-refractivity contribution in [2.45, 2.75) is 19.3 Å². The van der Waals surface area contributed by atoms with E-state index in [1.54, 1.807) is 7.11 Å². The Balaban J connectivity index is 2.62. The third-order valence-corrected chi connectivity index (χ3v) is 3.05. The Hall–Kier alpha value is -1.12. The SMILES string of the molecule is COCCN(CCO)C(=O)C1(C#N)CCC1. The predicted octanol–water partition coefficient (Wildman–Crippen LogP) is 0.148. The van der Waals surface area contributed by atoms with Crippen LogP contribution in [0.2, 0.25) is 0 Å². The van der Waals surface area contributed by atoms with Gasteiger partial charge in [0, 0.05) is 20.2 Å². The molecule has 0 radical (unpaired) electrons. The average Bonchev–Trinajstić information content (AvgIpc) is 2.23. The number of methoxy groups -OCH3 is 1. The van der Waals surface area contributed by atoms with Gasteiger partial charge in [0.2, 0.25) is 5.91 Å². The summed E-state index contributed by atoms with van der Waals surface area (Å²) < 4.78 is 4.91. The van der Waals surface area contributed by atoms with Crippen LogP contribution in [0.3, 0.4) is 0 Å². The molecule has 0 bridgehead atoms. The number of carbonyl (C=O) groups excluding carboxylic acids is 1. The van der Waals surface area contributed by atoms with E-state index in [0.29, 0.717) is 26.0 Å². The van der Waals surface area contributed by atoms with Crippen LogP contribution >= 0.6 is 0 Å². The number of ether oxygens (including phenoxy) is 1. The Morgan fingerprint density at radius 1 is 1.56 bits per heavy atom. The van der Waals surface area contributed by atoms with E-state index in [4.69, 9.17) is 15.1 Å². The maximum atomic E-state index is 12.1. The minimum Gasteiger partial charge on any atom is -0.395 e. The fraction of sp³-hybridized carbons (Fsp3) is 0.818. The molecule has 0 aliphatic heterocycles. The fourth-order valence-electron chi connectivity index (χ4n) is 1.84. The second-order valence-electron chi connectivity index (χ2n) is 4.06. The molecule has 5 heteroatoms. The molecule has 1 N–H and O–H groups in total. The Kier molecular flexibility index (Phi) is 4.71. The summed E-state index contributed by atoms with van der Waals surface area (Å²) in [6.07, 6.45) is 2.20. The number of hydrogen-bond donors (Lipinski definition) is 1. The van der Waals surface area contributed by atoms with Crippen molar-refractivity contribution < 1.29 is 14.6 Å². The van der Waals surface area contributed by atoms with Gasteiger partial charge in [-0.25, -0.2) is 0 Å². The number of nitriles is 1. The lowest BCUT2D eigenvalue weighted by molar-refractivity contribution is -0.144. The van der Waals surface area contributed by atoms with Gasteiger partial charge in [0.1, 0.15) is 5.41 Å². The standard InChI is InChI=1S/C11H18N2O3/c1-16-8-6-13(5-7-14)10(15)11(9-12)3-2-4-11/h14H,2-8H2,1H3. The van der Waals surface area contributed by atoms with E-state index < -0.39 is 5.41 Å². The molecule has 0 saturated heterocycles. The van der Waals surface area contributed by atoms with Crippen LogP contribution < -0.4 is 0 Å². The summed E-state index contributed by atoms with van der Waals surface area (Å²) in [6.45, 7) is 1.04. The van der Waals surface area contributed by atoms with E-state index in [1.165, 1.54) is 4.90 Å². The molecule has 0 aromatic rings. The first-order valence-electron chi connectivity index (χ1n) is 5.50. The van der Waals surface area contributed by atoms with Crippen LogP contribution in [0.25, 0.3) is 0 Å². The lowest BCUT2D eigenvalue weighted by Crippen LogP contribution is -2.49. The van der Waals surface area contributed by atoms with Crippen molar-refractivity contribution in [1.82, 2.24) is 4.90 Å². The van der Waals surface area contributed by atoms with Crippen molar-refractivity contribution in [3.05, 3.63) is 0 Å². The molecule has 1 amide bonds. The van der Waals surface area contributed by atoms with Crippen LogP contribution in [0.1, 0.15) is 19.3 Å². The maximum absolute atomic E-state index is 12.1. The first kappa shape index (κ1) is 12.9. The second kappa shape index (κ2) is 5.83. The van der Waals surface area contributed by atoms with Crippen LogP contribution in [-0.2, 0) is 9.53 Å².